The van der Waals surface area contributed by atoms with Gasteiger partial charge in [-0.2, -0.15) is 13.2 Å². The number of nitrogens with zero attached hydrogens (tertiary/aromatic N) is 1. The van der Waals surface area contributed by atoms with Gasteiger partial charge < -0.3 is 10.1 Å². The van der Waals surface area contributed by atoms with Crippen molar-refractivity contribution < 1.29 is 22.7 Å². The molecular formula is C19H14ClF3N2O2. The average molecular weight is 395 g/mol. The van der Waals surface area contributed by atoms with Crippen LogP contribution in [0.5, 0.6) is 0 Å². The Balaban J connectivity index is 2.13. The summed E-state index contributed by atoms with van der Waals surface area (Å²) < 4.78 is 44.0. The van der Waals surface area contributed by atoms with Crippen LogP contribution in [0, 0.1) is 0 Å². The van der Waals surface area contributed by atoms with Gasteiger partial charge in [-0.25, -0.2) is 4.79 Å². The molecule has 0 radical (unpaired) electrons. The number of aromatic nitrogens is 1. The van der Waals surface area contributed by atoms with Crippen molar-refractivity contribution >= 4 is 39.8 Å². The van der Waals surface area contributed by atoms with E-state index in [0.717, 1.165) is 12.1 Å². The minimum Gasteiger partial charge on any atom is -0.462 e. The normalized spacial score (nSPS) is 11.4. The van der Waals surface area contributed by atoms with Crippen LogP contribution in [0.3, 0.4) is 0 Å². The summed E-state index contributed by atoms with van der Waals surface area (Å²) in [6.45, 7) is 1.81. The molecule has 1 heterocycles. The molecule has 0 bridgehead atoms. The molecule has 3 aromatic rings. The van der Waals surface area contributed by atoms with Crippen LogP contribution in [0.2, 0.25) is 5.02 Å². The lowest BCUT2D eigenvalue weighted by atomic mass is 10.1. The second kappa shape index (κ2) is 7.44. The molecule has 1 N–H and O–H groups in total. The fourth-order valence-electron chi connectivity index (χ4n) is 2.58. The first-order valence-corrected chi connectivity index (χ1v) is 8.37. The van der Waals surface area contributed by atoms with Crippen LogP contribution < -0.4 is 5.32 Å². The Bertz CT molecular complexity index is 1010. The van der Waals surface area contributed by atoms with Gasteiger partial charge in [-0.05, 0) is 43.3 Å². The van der Waals surface area contributed by atoms with E-state index in [1.54, 1.807) is 25.1 Å². The monoisotopic (exact) mass is 394 g/mol. The fourth-order valence-corrected chi connectivity index (χ4v) is 2.75. The minimum absolute atomic E-state index is 0.115. The summed E-state index contributed by atoms with van der Waals surface area (Å²) in [4.78, 5) is 16.5. The van der Waals surface area contributed by atoms with Gasteiger partial charge in [-0.3, -0.25) is 4.98 Å². The van der Waals surface area contributed by atoms with Gasteiger partial charge in [0.05, 0.1) is 23.4 Å². The fraction of sp³-hybridized carbons (Fsp3) is 0.158. The van der Waals surface area contributed by atoms with Crippen LogP contribution in [-0.2, 0) is 10.9 Å². The summed E-state index contributed by atoms with van der Waals surface area (Å²) in [7, 11) is 0. The Morgan fingerprint density at radius 1 is 1.22 bits per heavy atom. The number of fused-ring (bicyclic) bond motifs is 1. The Hall–Kier alpha value is -2.80. The van der Waals surface area contributed by atoms with E-state index in [1.807, 2.05) is 0 Å². The number of esters is 1. The Morgan fingerprint density at radius 2 is 2.00 bits per heavy atom. The van der Waals surface area contributed by atoms with Crippen LogP contribution >= 0.6 is 11.6 Å². The Morgan fingerprint density at radius 3 is 2.70 bits per heavy atom. The molecular weight excluding hydrogens is 381 g/mol. The average Bonchev–Trinajstić information content (AvgIpc) is 2.61. The van der Waals surface area contributed by atoms with Gasteiger partial charge in [-0.15, -0.1) is 0 Å². The lowest BCUT2D eigenvalue weighted by Crippen LogP contribution is -2.10. The number of pyridine rings is 1. The predicted octanol–water partition coefficient (Wildman–Crippen LogP) is 5.83. The van der Waals surface area contributed by atoms with E-state index in [0.29, 0.717) is 21.6 Å². The van der Waals surface area contributed by atoms with Gasteiger partial charge in [-0.1, -0.05) is 17.7 Å². The van der Waals surface area contributed by atoms with Crippen molar-refractivity contribution in [3.05, 3.63) is 64.8 Å². The summed E-state index contributed by atoms with van der Waals surface area (Å²) in [5.74, 6) is -0.628. The second-order valence-electron chi connectivity index (χ2n) is 5.63. The van der Waals surface area contributed by atoms with Gasteiger partial charge in [0, 0.05) is 22.3 Å². The molecule has 3 rings (SSSR count). The maximum atomic E-state index is 13.0. The Kier molecular flexibility index (Phi) is 5.23. The largest absolute Gasteiger partial charge is 0.462 e. The summed E-state index contributed by atoms with van der Waals surface area (Å²) >= 11 is 5.98. The zero-order valence-corrected chi connectivity index (χ0v) is 14.9. The zero-order chi connectivity index (χ0) is 19.6. The van der Waals surface area contributed by atoms with E-state index in [4.69, 9.17) is 16.3 Å². The van der Waals surface area contributed by atoms with E-state index < -0.39 is 17.7 Å². The molecule has 0 unspecified atom stereocenters. The van der Waals surface area contributed by atoms with Gasteiger partial charge in [0.2, 0.25) is 0 Å². The number of carbonyl (C=O) groups excluding carboxylic acids is 1. The molecule has 0 fully saturated rings. The second-order valence-corrected chi connectivity index (χ2v) is 6.07. The topological polar surface area (TPSA) is 51.2 Å². The highest BCUT2D eigenvalue weighted by Gasteiger charge is 2.30. The third-order valence-corrected chi connectivity index (χ3v) is 4.02. The molecule has 8 heteroatoms. The predicted molar refractivity (Wildman–Crippen MR) is 97.4 cm³/mol. The van der Waals surface area contributed by atoms with Crippen molar-refractivity contribution in [1.82, 2.24) is 4.98 Å². The van der Waals surface area contributed by atoms with Crippen molar-refractivity contribution in [2.75, 3.05) is 11.9 Å². The van der Waals surface area contributed by atoms with Crippen LogP contribution in [0.25, 0.3) is 10.9 Å². The zero-order valence-electron chi connectivity index (χ0n) is 14.1. The molecule has 0 amide bonds. The minimum atomic E-state index is -4.48. The summed E-state index contributed by atoms with van der Waals surface area (Å²) in [5.41, 5.74) is 0.285. The lowest BCUT2D eigenvalue weighted by molar-refractivity contribution is -0.137. The van der Waals surface area contributed by atoms with E-state index in [2.05, 4.69) is 10.3 Å². The number of halogens is 4. The molecule has 0 saturated carbocycles. The molecule has 0 saturated heterocycles. The number of carbonyl (C=O) groups is 1. The molecule has 0 atom stereocenters. The highest BCUT2D eigenvalue weighted by atomic mass is 35.5. The van der Waals surface area contributed by atoms with Crippen LogP contribution in [0.1, 0.15) is 22.8 Å². The molecule has 27 heavy (non-hydrogen) atoms. The molecule has 0 aliphatic rings. The quantitative estimate of drug-likeness (QED) is 0.566. The van der Waals surface area contributed by atoms with E-state index in [-0.39, 0.29) is 17.9 Å². The molecule has 140 valence electrons. The maximum Gasteiger partial charge on any atom is 0.416 e. The molecule has 2 aromatic carbocycles. The van der Waals surface area contributed by atoms with Crippen molar-refractivity contribution in [2.45, 2.75) is 13.1 Å². The Labute approximate surface area is 157 Å². The number of nitrogens with one attached hydrogen (secondary N) is 1. The van der Waals surface area contributed by atoms with Crippen molar-refractivity contribution in [1.29, 1.82) is 0 Å². The first-order valence-electron chi connectivity index (χ1n) is 7.99. The number of benzene rings is 2. The van der Waals surface area contributed by atoms with Gasteiger partial charge in [0.15, 0.2) is 0 Å². The van der Waals surface area contributed by atoms with E-state index in [1.165, 1.54) is 18.3 Å². The van der Waals surface area contributed by atoms with Gasteiger partial charge >= 0.3 is 12.1 Å². The number of anilines is 2. The maximum absolute atomic E-state index is 13.0. The first kappa shape index (κ1) is 19.0. The molecule has 0 aliphatic heterocycles. The number of rotatable bonds is 4. The van der Waals surface area contributed by atoms with Gasteiger partial charge in [0.1, 0.15) is 5.56 Å². The highest BCUT2D eigenvalue weighted by molar-refractivity contribution is 6.31. The smallest absolute Gasteiger partial charge is 0.416 e. The van der Waals surface area contributed by atoms with Crippen molar-refractivity contribution in [3.8, 4) is 0 Å². The van der Waals surface area contributed by atoms with Gasteiger partial charge in [0.25, 0.3) is 0 Å². The summed E-state index contributed by atoms with van der Waals surface area (Å²) in [6.07, 6.45) is -3.16. The molecule has 0 aliphatic carbocycles. The number of alkyl halides is 3. The van der Waals surface area contributed by atoms with Crippen LogP contribution in [0.4, 0.5) is 24.5 Å². The molecule has 1 aromatic heterocycles. The lowest BCUT2D eigenvalue weighted by Gasteiger charge is -2.15. The van der Waals surface area contributed by atoms with Crippen molar-refractivity contribution in [3.63, 3.8) is 0 Å². The SMILES string of the molecule is CCOC(=O)c1cnc2cc(Cl)ccc2c1Nc1cccc(C(F)(F)F)c1. The van der Waals surface area contributed by atoms with Crippen molar-refractivity contribution in [2.24, 2.45) is 0 Å². The molecule has 0 spiro atoms. The standard InChI is InChI=1S/C19H14ClF3N2O2/c1-2-27-18(26)15-10-24-16-9-12(20)6-7-14(16)17(15)25-13-5-3-4-11(8-13)19(21,22)23/h3-10H,2H2,1H3,(H,24,25). The first-order chi connectivity index (χ1) is 12.8. The van der Waals surface area contributed by atoms with Crippen LogP contribution in [0.15, 0.2) is 48.7 Å². The third kappa shape index (κ3) is 4.14. The van der Waals surface area contributed by atoms with E-state index in [9.17, 15) is 18.0 Å². The van der Waals surface area contributed by atoms with E-state index >= 15 is 0 Å². The number of ether oxygens (including phenoxy) is 1. The summed E-state index contributed by atoms with van der Waals surface area (Å²) in [5, 5.41) is 3.88. The third-order valence-electron chi connectivity index (χ3n) is 3.79. The highest BCUT2D eigenvalue weighted by Crippen LogP contribution is 2.34. The number of hydrogen-bond acceptors (Lipinski definition) is 4. The molecule has 4 nitrogen and oxygen atoms in total. The number of hydrogen-bond donors (Lipinski definition) is 1. The summed E-state index contributed by atoms with van der Waals surface area (Å²) in [6, 6.07) is 9.56. The van der Waals surface area contributed by atoms with Crippen LogP contribution in [-0.4, -0.2) is 17.6 Å².